The first-order chi connectivity index (χ1) is 9.20. The lowest BCUT2D eigenvalue weighted by Crippen LogP contribution is -2.29. The number of rotatable bonds is 5. The lowest BCUT2D eigenvalue weighted by Gasteiger charge is -2.17. The first-order valence-electron chi connectivity index (χ1n) is 6.22. The maximum atomic E-state index is 11.9. The summed E-state index contributed by atoms with van der Waals surface area (Å²) in [6.07, 6.45) is 3.33. The third kappa shape index (κ3) is 3.81. The summed E-state index contributed by atoms with van der Waals surface area (Å²) >= 11 is 3.40. The fraction of sp³-hybridized carbons (Fsp3) is 0.357. The molecule has 0 aromatic heterocycles. The van der Waals surface area contributed by atoms with Crippen LogP contribution in [0.3, 0.4) is 0 Å². The van der Waals surface area contributed by atoms with Crippen molar-refractivity contribution >= 4 is 27.9 Å². The van der Waals surface area contributed by atoms with Gasteiger partial charge in [-0.25, -0.2) is 0 Å². The highest BCUT2D eigenvalue weighted by Gasteiger charge is 2.16. The number of hydrogen-bond acceptors (Lipinski definition) is 3. The molecule has 0 bridgehead atoms. The summed E-state index contributed by atoms with van der Waals surface area (Å²) in [5.41, 5.74) is 1.52. The van der Waals surface area contributed by atoms with E-state index >= 15 is 0 Å². The van der Waals surface area contributed by atoms with Gasteiger partial charge in [-0.15, -0.1) is 0 Å². The second-order valence-corrected chi connectivity index (χ2v) is 5.24. The van der Waals surface area contributed by atoms with E-state index < -0.39 is 0 Å². The molecule has 0 spiro atoms. The largest absolute Gasteiger partial charge is 0.488 e. The third-order valence-corrected chi connectivity index (χ3v) is 3.34. The van der Waals surface area contributed by atoms with Gasteiger partial charge in [-0.3, -0.25) is 4.79 Å². The van der Waals surface area contributed by atoms with Crippen LogP contribution in [-0.2, 0) is 4.79 Å². The van der Waals surface area contributed by atoms with Gasteiger partial charge in [0, 0.05) is 23.2 Å². The number of fused-ring (bicyclic) bond motifs is 1. The Morgan fingerprint density at radius 3 is 3.05 bits per heavy atom. The van der Waals surface area contributed by atoms with Gasteiger partial charge in [-0.1, -0.05) is 15.9 Å². The van der Waals surface area contributed by atoms with Crippen molar-refractivity contribution in [3.05, 3.63) is 33.8 Å². The molecule has 19 heavy (non-hydrogen) atoms. The number of nitrogens with one attached hydrogen (secondary N) is 1. The van der Waals surface area contributed by atoms with Crippen molar-refractivity contribution in [2.75, 3.05) is 19.8 Å². The molecule has 0 saturated carbocycles. The molecule has 0 unspecified atom stereocenters. The Kier molecular flexibility index (Phi) is 4.99. The summed E-state index contributed by atoms with van der Waals surface area (Å²) in [5.74, 6) is 0.684. The van der Waals surface area contributed by atoms with Crippen LogP contribution in [0.2, 0.25) is 0 Å². The Morgan fingerprint density at radius 1 is 1.42 bits per heavy atom. The topological polar surface area (TPSA) is 58.6 Å². The lowest BCUT2D eigenvalue weighted by molar-refractivity contribution is -0.117. The highest BCUT2D eigenvalue weighted by Crippen LogP contribution is 2.29. The summed E-state index contributed by atoms with van der Waals surface area (Å²) in [6.45, 7) is 1.02. The maximum Gasteiger partial charge on any atom is 0.250 e. The van der Waals surface area contributed by atoms with Crippen LogP contribution in [0, 0.1) is 0 Å². The molecule has 1 aromatic carbocycles. The molecule has 0 saturated heterocycles. The highest BCUT2D eigenvalue weighted by atomic mass is 79.9. The molecule has 1 aromatic rings. The molecular formula is C14H16BrNO3. The zero-order valence-corrected chi connectivity index (χ0v) is 12.1. The lowest BCUT2D eigenvalue weighted by atomic mass is 10.1. The summed E-state index contributed by atoms with van der Waals surface area (Å²) in [4.78, 5) is 11.9. The number of unbranched alkanes of at least 4 members (excludes halogenated alkanes) is 1. The number of ether oxygens (including phenoxy) is 1. The van der Waals surface area contributed by atoms with Gasteiger partial charge in [-0.05, 0) is 37.1 Å². The van der Waals surface area contributed by atoms with E-state index in [1.807, 2.05) is 24.3 Å². The number of carbonyl (C=O) groups excluding carboxylic acids is 1. The molecular weight excluding hydrogens is 310 g/mol. The average Bonchev–Trinajstić information content (AvgIpc) is 2.42. The molecule has 2 N–H and O–H groups in total. The van der Waals surface area contributed by atoms with E-state index in [2.05, 4.69) is 21.2 Å². The molecule has 0 aliphatic carbocycles. The van der Waals surface area contributed by atoms with Crippen LogP contribution >= 0.6 is 15.9 Å². The summed E-state index contributed by atoms with van der Waals surface area (Å²) in [6, 6.07) is 5.71. The van der Waals surface area contributed by atoms with Gasteiger partial charge >= 0.3 is 0 Å². The second kappa shape index (κ2) is 6.73. The minimum atomic E-state index is -0.108. The van der Waals surface area contributed by atoms with E-state index in [1.54, 1.807) is 0 Å². The van der Waals surface area contributed by atoms with Crippen molar-refractivity contribution in [2.24, 2.45) is 0 Å². The fourth-order valence-corrected chi connectivity index (χ4v) is 2.21. The Labute approximate surface area is 120 Å². The van der Waals surface area contributed by atoms with E-state index in [4.69, 9.17) is 9.84 Å². The molecule has 1 heterocycles. The number of aliphatic hydroxyl groups excluding tert-OH is 1. The molecule has 0 radical (unpaired) electrons. The number of hydrogen-bond donors (Lipinski definition) is 2. The number of halogens is 1. The molecule has 102 valence electrons. The predicted molar refractivity (Wildman–Crippen MR) is 76.9 cm³/mol. The molecule has 1 aliphatic rings. The minimum Gasteiger partial charge on any atom is -0.488 e. The van der Waals surface area contributed by atoms with E-state index in [1.165, 1.54) is 0 Å². The van der Waals surface area contributed by atoms with Crippen LogP contribution in [0.1, 0.15) is 18.4 Å². The molecule has 5 heteroatoms. The number of amides is 1. The van der Waals surface area contributed by atoms with Gasteiger partial charge in [0.1, 0.15) is 12.4 Å². The van der Waals surface area contributed by atoms with E-state index in [9.17, 15) is 4.79 Å². The standard InChI is InChI=1S/C14H16BrNO3/c15-12-3-4-13-10(8-12)7-11(9-19-13)14(18)16-5-1-2-6-17/h3-4,7-8,17H,1-2,5-6,9H2,(H,16,18). The summed E-state index contributed by atoms with van der Waals surface area (Å²) in [5, 5.41) is 11.5. The smallest absolute Gasteiger partial charge is 0.250 e. The van der Waals surface area contributed by atoms with Gasteiger partial charge in [-0.2, -0.15) is 0 Å². The van der Waals surface area contributed by atoms with Crippen LogP contribution < -0.4 is 10.1 Å². The van der Waals surface area contributed by atoms with Crippen LogP contribution in [0.25, 0.3) is 6.08 Å². The Bertz CT molecular complexity index is 499. The van der Waals surface area contributed by atoms with E-state index in [-0.39, 0.29) is 12.5 Å². The van der Waals surface area contributed by atoms with Crippen molar-refractivity contribution in [3.8, 4) is 5.75 Å². The van der Waals surface area contributed by atoms with Gasteiger partial charge in [0.2, 0.25) is 0 Å². The Balaban J connectivity index is 2.00. The molecule has 0 atom stereocenters. The van der Waals surface area contributed by atoms with Crippen molar-refractivity contribution in [1.29, 1.82) is 0 Å². The van der Waals surface area contributed by atoms with Crippen molar-refractivity contribution in [1.82, 2.24) is 5.32 Å². The van der Waals surface area contributed by atoms with Gasteiger partial charge < -0.3 is 15.2 Å². The Hall–Kier alpha value is -1.33. The van der Waals surface area contributed by atoms with E-state index in [0.717, 1.165) is 22.2 Å². The van der Waals surface area contributed by atoms with Crippen LogP contribution in [0.5, 0.6) is 5.75 Å². The molecule has 1 aliphatic heterocycles. The molecule has 2 rings (SSSR count). The minimum absolute atomic E-state index is 0.108. The van der Waals surface area contributed by atoms with E-state index in [0.29, 0.717) is 25.1 Å². The Morgan fingerprint density at radius 2 is 2.26 bits per heavy atom. The van der Waals surface area contributed by atoms with Crippen LogP contribution in [-0.4, -0.2) is 30.8 Å². The van der Waals surface area contributed by atoms with Gasteiger partial charge in [0.15, 0.2) is 0 Å². The number of aliphatic hydroxyl groups is 1. The predicted octanol–water partition coefficient (Wildman–Crippen LogP) is 2.11. The van der Waals surface area contributed by atoms with Crippen LogP contribution in [0.15, 0.2) is 28.2 Å². The SMILES string of the molecule is O=C(NCCCCO)C1=Cc2cc(Br)ccc2OC1. The maximum absolute atomic E-state index is 11.9. The first-order valence-corrected chi connectivity index (χ1v) is 7.02. The van der Waals surface area contributed by atoms with Crippen molar-refractivity contribution in [3.63, 3.8) is 0 Å². The third-order valence-electron chi connectivity index (χ3n) is 2.85. The fourth-order valence-electron chi connectivity index (χ4n) is 1.83. The molecule has 4 nitrogen and oxygen atoms in total. The molecule has 0 fully saturated rings. The normalized spacial score (nSPS) is 13.3. The highest BCUT2D eigenvalue weighted by molar-refractivity contribution is 9.10. The summed E-state index contributed by atoms with van der Waals surface area (Å²) in [7, 11) is 0. The first kappa shape index (κ1) is 14.1. The zero-order valence-electron chi connectivity index (χ0n) is 10.5. The number of benzene rings is 1. The average molecular weight is 326 g/mol. The van der Waals surface area contributed by atoms with Crippen LogP contribution in [0.4, 0.5) is 0 Å². The van der Waals surface area contributed by atoms with Crippen molar-refractivity contribution in [2.45, 2.75) is 12.8 Å². The quantitative estimate of drug-likeness (QED) is 0.815. The monoisotopic (exact) mass is 325 g/mol. The number of carbonyl (C=O) groups is 1. The van der Waals surface area contributed by atoms with Gasteiger partial charge in [0.05, 0.1) is 5.57 Å². The second-order valence-electron chi connectivity index (χ2n) is 4.33. The summed E-state index contributed by atoms with van der Waals surface area (Å²) < 4.78 is 6.50. The van der Waals surface area contributed by atoms with Gasteiger partial charge in [0.25, 0.3) is 5.91 Å². The molecule has 1 amide bonds. The zero-order chi connectivity index (χ0) is 13.7. The van der Waals surface area contributed by atoms with Crippen molar-refractivity contribution < 1.29 is 14.6 Å².